The van der Waals surface area contributed by atoms with Gasteiger partial charge < -0.3 is 10.6 Å². The van der Waals surface area contributed by atoms with Crippen LogP contribution >= 0.6 is 0 Å². The van der Waals surface area contributed by atoms with Crippen LogP contribution in [0, 0.1) is 17.8 Å². The standard InChI is InChI=1S/C23H26N2O/c1-2-24-23(26)17-10-11-19-18(13-17)20-15-8-9-16(12-15)21(20)22(25-19)14-6-4-3-5-7-14/h3-7,10-11,13,15-16,20-22,25H,2,8-9,12H2,1H3,(H,24,26)/t15-,16+,20+,21+,22+/m1/s1. The molecule has 26 heavy (non-hydrogen) atoms. The van der Waals surface area contributed by atoms with Gasteiger partial charge in [-0.15, -0.1) is 0 Å². The van der Waals surface area contributed by atoms with Gasteiger partial charge in [-0.25, -0.2) is 0 Å². The Bertz CT molecular complexity index is 831. The molecule has 2 aromatic rings. The van der Waals surface area contributed by atoms with Gasteiger partial charge in [-0.1, -0.05) is 30.3 Å². The van der Waals surface area contributed by atoms with Crippen molar-refractivity contribution in [2.75, 3.05) is 11.9 Å². The van der Waals surface area contributed by atoms with E-state index in [9.17, 15) is 4.79 Å². The van der Waals surface area contributed by atoms with E-state index in [0.717, 1.165) is 17.4 Å². The van der Waals surface area contributed by atoms with Crippen LogP contribution in [0.4, 0.5) is 5.69 Å². The Balaban J connectivity index is 1.58. The van der Waals surface area contributed by atoms with E-state index in [1.165, 1.54) is 36.1 Å². The topological polar surface area (TPSA) is 41.1 Å². The Kier molecular flexibility index (Phi) is 3.77. The van der Waals surface area contributed by atoms with Crippen LogP contribution in [0.5, 0.6) is 0 Å². The summed E-state index contributed by atoms with van der Waals surface area (Å²) in [5.74, 6) is 2.86. The van der Waals surface area contributed by atoms with Crippen LogP contribution < -0.4 is 10.6 Å². The number of nitrogens with one attached hydrogen (secondary N) is 2. The van der Waals surface area contributed by atoms with Crippen molar-refractivity contribution in [1.82, 2.24) is 5.32 Å². The molecule has 0 saturated heterocycles. The minimum atomic E-state index is 0.0418. The van der Waals surface area contributed by atoms with E-state index in [2.05, 4.69) is 53.1 Å². The van der Waals surface area contributed by atoms with E-state index >= 15 is 0 Å². The SMILES string of the molecule is CCNC(=O)c1ccc2c(c1)[C@@H]1[C@@H]3CC[C@@H](C3)[C@@H]1[C@H](c1ccccc1)N2. The van der Waals surface area contributed by atoms with Crippen LogP contribution in [-0.4, -0.2) is 12.5 Å². The van der Waals surface area contributed by atoms with E-state index in [-0.39, 0.29) is 5.91 Å². The van der Waals surface area contributed by atoms with Gasteiger partial charge in [0.05, 0.1) is 6.04 Å². The Hall–Kier alpha value is -2.29. The molecule has 0 unspecified atom stereocenters. The number of anilines is 1. The first kappa shape index (κ1) is 15.9. The third kappa shape index (κ3) is 2.37. The van der Waals surface area contributed by atoms with Crippen molar-refractivity contribution in [1.29, 1.82) is 0 Å². The van der Waals surface area contributed by atoms with Gasteiger partial charge in [-0.3, -0.25) is 4.79 Å². The first-order valence-corrected chi connectivity index (χ1v) is 10.00. The molecule has 2 fully saturated rings. The van der Waals surface area contributed by atoms with Crippen molar-refractivity contribution >= 4 is 11.6 Å². The lowest BCUT2D eigenvalue weighted by atomic mass is 9.68. The van der Waals surface area contributed by atoms with E-state index in [0.29, 0.717) is 24.4 Å². The van der Waals surface area contributed by atoms with Crippen molar-refractivity contribution in [2.24, 2.45) is 17.8 Å². The zero-order valence-electron chi connectivity index (χ0n) is 15.2. The lowest BCUT2D eigenvalue weighted by Gasteiger charge is -2.43. The fourth-order valence-corrected chi connectivity index (χ4v) is 5.88. The van der Waals surface area contributed by atoms with Gasteiger partial charge in [-0.2, -0.15) is 0 Å². The summed E-state index contributed by atoms with van der Waals surface area (Å²) in [5.41, 5.74) is 4.79. The Morgan fingerprint density at radius 3 is 2.73 bits per heavy atom. The number of fused-ring (bicyclic) bond motifs is 7. The van der Waals surface area contributed by atoms with Gasteiger partial charge in [0.15, 0.2) is 0 Å². The third-order valence-electron chi connectivity index (χ3n) is 6.85. The second kappa shape index (κ2) is 6.15. The van der Waals surface area contributed by atoms with E-state index in [1.807, 2.05) is 13.0 Å². The first-order chi connectivity index (χ1) is 12.8. The van der Waals surface area contributed by atoms with Gasteiger partial charge in [-0.05, 0) is 79.2 Å². The molecule has 5 atom stereocenters. The molecule has 0 aromatic heterocycles. The molecule has 134 valence electrons. The summed E-state index contributed by atoms with van der Waals surface area (Å²) >= 11 is 0. The zero-order chi connectivity index (χ0) is 17.7. The largest absolute Gasteiger partial charge is 0.378 e. The molecule has 2 aromatic carbocycles. The van der Waals surface area contributed by atoms with Gasteiger partial charge >= 0.3 is 0 Å². The molecule has 2 N–H and O–H groups in total. The summed E-state index contributed by atoms with van der Waals surface area (Å²) in [6.07, 6.45) is 4.06. The van der Waals surface area contributed by atoms with Crippen LogP contribution in [0.1, 0.15) is 59.6 Å². The van der Waals surface area contributed by atoms with E-state index in [4.69, 9.17) is 0 Å². The molecule has 2 saturated carbocycles. The quantitative estimate of drug-likeness (QED) is 0.843. The first-order valence-electron chi connectivity index (χ1n) is 10.00. The van der Waals surface area contributed by atoms with Gasteiger partial charge in [0.1, 0.15) is 0 Å². The minimum absolute atomic E-state index is 0.0418. The van der Waals surface area contributed by atoms with E-state index in [1.54, 1.807) is 0 Å². The number of hydrogen-bond donors (Lipinski definition) is 2. The molecule has 5 rings (SSSR count). The number of rotatable bonds is 3. The maximum absolute atomic E-state index is 12.3. The predicted octanol–water partition coefficient (Wildman–Crippen LogP) is 4.73. The monoisotopic (exact) mass is 346 g/mol. The van der Waals surface area contributed by atoms with Crippen molar-refractivity contribution in [3.8, 4) is 0 Å². The number of amides is 1. The molecule has 1 heterocycles. The summed E-state index contributed by atoms with van der Waals surface area (Å²) in [7, 11) is 0. The molecule has 0 spiro atoms. The minimum Gasteiger partial charge on any atom is -0.378 e. The maximum atomic E-state index is 12.3. The number of carbonyl (C=O) groups excluding carboxylic acids is 1. The van der Waals surface area contributed by atoms with Crippen LogP contribution in [-0.2, 0) is 0 Å². The highest BCUT2D eigenvalue weighted by Gasteiger charge is 2.53. The molecular weight excluding hydrogens is 320 g/mol. The predicted molar refractivity (Wildman–Crippen MR) is 104 cm³/mol. The fraction of sp³-hybridized carbons (Fsp3) is 0.435. The molecule has 1 aliphatic heterocycles. The number of hydrogen-bond acceptors (Lipinski definition) is 2. The highest BCUT2D eigenvalue weighted by Crippen LogP contribution is 2.63. The maximum Gasteiger partial charge on any atom is 0.251 e. The Morgan fingerprint density at radius 1 is 1.12 bits per heavy atom. The van der Waals surface area contributed by atoms with Crippen LogP contribution in [0.15, 0.2) is 48.5 Å². The Morgan fingerprint density at radius 2 is 1.92 bits per heavy atom. The Labute approximate surface area is 155 Å². The molecule has 3 aliphatic rings. The summed E-state index contributed by atoms with van der Waals surface area (Å²) in [6, 6.07) is 17.5. The smallest absolute Gasteiger partial charge is 0.251 e. The lowest BCUT2D eigenvalue weighted by molar-refractivity contribution is 0.0955. The third-order valence-corrected chi connectivity index (χ3v) is 6.85. The lowest BCUT2D eigenvalue weighted by Crippen LogP contribution is -2.35. The fourth-order valence-electron chi connectivity index (χ4n) is 5.88. The summed E-state index contributed by atoms with van der Waals surface area (Å²) in [6.45, 7) is 2.63. The molecule has 3 nitrogen and oxygen atoms in total. The average Bonchev–Trinajstić information content (AvgIpc) is 3.30. The van der Waals surface area contributed by atoms with Gasteiger partial charge in [0, 0.05) is 17.8 Å². The van der Waals surface area contributed by atoms with Crippen molar-refractivity contribution in [2.45, 2.75) is 38.1 Å². The number of carbonyl (C=O) groups is 1. The molecule has 0 radical (unpaired) electrons. The van der Waals surface area contributed by atoms with Crippen LogP contribution in [0.3, 0.4) is 0 Å². The number of benzene rings is 2. The average molecular weight is 346 g/mol. The molecule has 2 aliphatic carbocycles. The molecule has 1 amide bonds. The second-order valence-corrected chi connectivity index (χ2v) is 8.13. The zero-order valence-corrected chi connectivity index (χ0v) is 15.2. The molecular formula is C23H26N2O. The van der Waals surface area contributed by atoms with Crippen LogP contribution in [0.25, 0.3) is 0 Å². The highest BCUT2D eigenvalue weighted by molar-refractivity contribution is 5.95. The van der Waals surface area contributed by atoms with Gasteiger partial charge in [0.2, 0.25) is 0 Å². The van der Waals surface area contributed by atoms with Crippen molar-refractivity contribution in [3.63, 3.8) is 0 Å². The second-order valence-electron chi connectivity index (χ2n) is 8.13. The highest BCUT2D eigenvalue weighted by atomic mass is 16.1. The van der Waals surface area contributed by atoms with Crippen molar-refractivity contribution < 1.29 is 4.79 Å². The summed E-state index contributed by atoms with van der Waals surface area (Å²) in [4.78, 5) is 12.3. The van der Waals surface area contributed by atoms with Gasteiger partial charge in [0.25, 0.3) is 5.91 Å². The van der Waals surface area contributed by atoms with Crippen molar-refractivity contribution in [3.05, 3.63) is 65.2 Å². The summed E-state index contributed by atoms with van der Waals surface area (Å²) in [5, 5.41) is 6.77. The summed E-state index contributed by atoms with van der Waals surface area (Å²) < 4.78 is 0. The molecule has 3 heteroatoms. The normalized spacial score (nSPS) is 31.0. The van der Waals surface area contributed by atoms with E-state index < -0.39 is 0 Å². The van der Waals surface area contributed by atoms with Crippen LogP contribution in [0.2, 0.25) is 0 Å². The molecule has 2 bridgehead atoms.